The molecule has 0 bridgehead atoms. The first-order valence-electron chi connectivity index (χ1n) is 3.95. The van der Waals surface area contributed by atoms with Gasteiger partial charge in [0, 0.05) is 5.56 Å². The van der Waals surface area contributed by atoms with Crippen LogP contribution in [0, 0.1) is 19.7 Å². The second-order valence-electron chi connectivity index (χ2n) is 3.22. The normalized spacial score (nSPS) is 10.0. The van der Waals surface area contributed by atoms with Crippen LogP contribution in [0.5, 0.6) is 0 Å². The van der Waals surface area contributed by atoms with Crippen molar-refractivity contribution < 1.29 is 4.39 Å². The van der Waals surface area contributed by atoms with Crippen molar-refractivity contribution >= 4 is 5.57 Å². The Morgan fingerprint density at radius 2 is 1.92 bits per heavy atom. The first-order chi connectivity index (χ1) is 5.52. The lowest BCUT2D eigenvalue weighted by atomic mass is 10.0. The number of allylic oxidation sites excluding steroid dienone is 1. The van der Waals surface area contributed by atoms with Crippen LogP contribution in [0.25, 0.3) is 5.57 Å². The van der Waals surface area contributed by atoms with Gasteiger partial charge in [-0.2, -0.15) is 0 Å². The van der Waals surface area contributed by atoms with E-state index >= 15 is 0 Å². The average Bonchev–Trinajstić information content (AvgIpc) is 1.82. The largest absolute Gasteiger partial charge is 0.206 e. The van der Waals surface area contributed by atoms with Crippen molar-refractivity contribution in [3.8, 4) is 0 Å². The third-order valence-corrected chi connectivity index (χ3v) is 1.86. The van der Waals surface area contributed by atoms with Crippen LogP contribution in [0.2, 0.25) is 0 Å². The van der Waals surface area contributed by atoms with E-state index in [1.54, 1.807) is 0 Å². The van der Waals surface area contributed by atoms with Gasteiger partial charge < -0.3 is 0 Å². The van der Waals surface area contributed by atoms with Crippen molar-refractivity contribution in [3.05, 3.63) is 41.2 Å². The fourth-order valence-electron chi connectivity index (χ4n) is 1.46. The molecule has 0 saturated heterocycles. The summed E-state index contributed by atoms with van der Waals surface area (Å²) >= 11 is 0. The number of hydrogen-bond acceptors (Lipinski definition) is 0. The van der Waals surface area contributed by atoms with Crippen LogP contribution in [0.3, 0.4) is 0 Å². The highest BCUT2D eigenvalue weighted by Gasteiger charge is 2.06. The molecule has 12 heavy (non-hydrogen) atoms. The maximum Gasteiger partial charge on any atom is 0.131 e. The van der Waals surface area contributed by atoms with Crippen LogP contribution in [-0.4, -0.2) is 0 Å². The average molecular weight is 164 g/mol. The molecule has 0 aliphatic rings. The third-order valence-electron chi connectivity index (χ3n) is 1.86. The molecule has 64 valence electrons. The Kier molecular flexibility index (Phi) is 2.32. The van der Waals surface area contributed by atoms with Crippen molar-refractivity contribution in [3.63, 3.8) is 0 Å². The van der Waals surface area contributed by atoms with Gasteiger partial charge in [-0.1, -0.05) is 12.6 Å². The summed E-state index contributed by atoms with van der Waals surface area (Å²) in [7, 11) is 0. The first kappa shape index (κ1) is 8.98. The Bertz CT molecular complexity index is 301. The van der Waals surface area contributed by atoms with Gasteiger partial charge in [0.25, 0.3) is 0 Å². The molecule has 0 amide bonds. The van der Waals surface area contributed by atoms with Gasteiger partial charge in [0.1, 0.15) is 5.82 Å². The summed E-state index contributed by atoms with van der Waals surface area (Å²) in [6, 6.07) is 3.50. The Hall–Kier alpha value is -1.11. The number of halogens is 1. The topological polar surface area (TPSA) is 0 Å². The Labute approximate surface area is 72.7 Å². The monoisotopic (exact) mass is 164 g/mol. The molecule has 0 aromatic heterocycles. The Balaban J connectivity index is 3.38. The van der Waals surface area contributed by atoms with Gasteiger partial charge in [0.15, 0.2) is 0 Å². The molecular weight excluding hydrogens is 151 g/mol. The molecule has 1 heteroatoms. The highest BCUT2D eigenvalue weighted by atomic mass is 19.1. The quantitative estimate of drug-likeness (QED) is 0.596. The molecular formula is C11H13F. The van der Waals surface area contributed by atoms with Crippen molar-refractivity contribution in [1.82, 2.24) is 0 Å². The molecule has 0 heterocycles. The fourth-order valence-corrected chi connectivity index (χ4v) is 1.46. The van der Waals surface area contributed by atoms with E-state index < -0.39 is 0 Å². The molecule has 0 radical (unpaired) electrons. The summed E-state index contributed by atoms with van der Waals surface area (Å²) in [6.45, 7) is 9.35. The molecule has 0 nitrogen and oxygen atoms in total. The van der Waals surface area contributed by atoms with Gasteiger partial charge in [0.05, 0.1) is 0 Å². The zero-order chi connectivity index (χ0) is 9.30. The second kappa shape index (κ2) is 3.10. The lowest BCUT2D eigenvalue weighted by molar-refractivity contribution is 0.621. The molecule has 0 N–H and O–H groups in total. The van der Waals surface area contributed by atoms with E-state index in [0.717, 1.165) is 16.7 Å². The van der Waals surface area contributed by atoms with E-state index in [1.165, 1.54) is 6.07 Å². The van der Waals surface area contributed by atoms with Crippen LogP contribution < -0.4 is 0 Å². The maximum atomic E-state index is 13.3. The van der Waals surface area contributed by atoms with Gasteiger partial charge in [-0.3, -0.25) is 0 Å². The summed E-state index contributed by atoms with van der Waals surface area (Å²) in [5.74, 6) is -0.167. The second-order valence-corrected chi connectivity index (χ2v) is 3.22. The van der Waals surface area contributed by atoms with Crippen LogP contribution in [0.1, 0.15) is 23.6 Å². The lowest BCUT2D eigenvalue weighted by Crippen LogP contribution is -1.92. The summed E-state index contributed by atoms with van der Waals surface area (Å²) in [5, 5.41) is 0. The van der Waals surface area contributed by atoms with Crippen LogP contribution in [0.4, 0.5) is 4.39 Å². The summed E-state index contributed by atoms with van der Waals surface area (Å²) in [6.07, 6.45) is 0. The molecule has 0 atom stereocenters. The number of hydrogen-bond donors (Lipinski definition) is 0. The first-order valence-corrected chi connectivity index (χ1v) is 3.95. The molecule has 0 unspecified atom stereocenters. The maximum absolute atomic E-state index is 13.3. The van der Waals surface area contributed by atoms with Crippen LogP contribution >= 0.6 is 0 Å². The Morgan fingerprint density at radius 1 is 1.33 bits per heavy atom. The molecule has 1 rings (SSSR count). The van der Waals surface area contributed by atoms with E-state index in [4.69, 9.17) is 0 Å². The van der Waals surface area contributed by atoms with Crippen molar-refractivity contribution in [2.45, 2.75) is 20.8 Å². The van der Waals surface area contributed by atoms with E-state index in [2.05, 4.69) is 6.58 Å². The van der Waals surface area contributed by atoms with E-state index in [0.29, 0.717) is 5.56 Å². The van der Waals surface area contributed by atoms with Gasteiger partial charge in [-0.25, -0.2) is 4.39 Å². The van der Waals surface area contributed by atoms with E-state index in [-0.39, 0.29) is 5.82 Å². The zero-order valence-corrected chi connectivity index (χ0v) is 7.74. The van der Waals surface area contributed by atoms with Crippen molar-refractivity contribution in [1.29, 1.82) is 0 Å². The van der Waals surface area contributed by atoms with Crippen molar-refractivity contribution in [2.24, 2.45) is 0 Å². The SMILES string of the molecule is C=C(C)c1c(C)cc(C)cc1F. The van der Waals surface area contributed by atoms with Crippen LogP contribution in [0.15, 0.2) is 18.7 Å². The zero-order valence-electron chi connectivity index (χ0n) is 7.74. The highest BCUT2D eigenvalue weighted by molar-refractivity contribution is 5.65. The molecule has 0 spiro atoms. The molecule has 0 saturated carbocycles. The van der Waals surface area contributed by atoms with Gasteiger partial charge in [-0.05, 0) is 43.5 Å². The smallest absolute Gasteiger partial charge is 0.131 e. The Morgan fingerprint density at radius 3 is 2.33 bits per heavy atom. The predicted octanol–water partition coefficient (Wildman–Crippen LogP) is 3.48. The third kappa shape index (κ3) is 1.55. The number of rotatable bonds is 1. The summed E-state index contributed by atoms with van der Waals surface area (Å²) in [4.78, 5) is 0. The minimum Gasteiger partial charge on any atom is -0.206 e. The highest BCUT2D eigenvalue weighted by Crippen LogP contribution is 2.21. The van der Waals surface area contributed by atoms with Gasteiger partial charge in [0.2, 0.25) is 0 Å². The molecule has 0 aliphatic heterocycles. The summed E-state index contributed by atoms with van der Waals surface area (Å²) < 4.78 is 13.3. The van der Waals surface area contributed by atoms with Crippen LogP contribution in [-0.2, 0) is 0 Å². The fraction of sp³-hybridized carbons (Fsp3) is 0.273. The molecule has 1 aromatic rings. The number of benzene rings is 1. The minimum absolute atomic E-state index is 0.167. The van der Waals surface area contributed by atoms with E-state index in [1.807, 2.05) is 26.8 Å². The molecule has 0 fully saturated rings. The van der Waals surface area contributed by atoms with Crippen molar-refractivity contribution in [2.75, 3.05) is 0 Å². The minimum atomic E-state index is -0.167. The molecule has 0 aliphatic carbocycles. The standard InChI is InChI=1S/C11H13F/c1-7(2)11-9(4)5-8(3)6-10(11)12/h5-6H,1H2,2-4H3. The lowest BCUT2D eigenvalue weighted by Gasteiger charge is -2.07. The van der Waals surface area contributed by atoms with E-state index in [9.17, 15) is 4.39 Å². The van der Waals surface area contributed by atoms with Gasteiger partial charge in [-0.15, -0.1) is 0 Å². The summed E-state index contributed by atoms with van der Waals surface area (Å²) in [5.41, 5.74) is 3.35. The predicted molar refractivity (Wildman–Crippen MR) is 50.6 cm³/mol. The number of aryl methyl sites for hydroxylation is 2. The molecule has 1 aromatic carbocycles. The van der Waals surface area contributed by atoms with Gasteiger partial charge >= 0.3 is 0 Å².